The highest BCUT2D eigenvalue weighted by atomic mass is 16.6. The second-order valence-electron chi connectivity index (χ2n) is 7.89. The number of hydrogen-bond acceptors (Lipinski definition) is 11. The lowest BCUT2D eigenvalue weighted by Gasteiger charge is -2.41. The first-order valence-electron chi connectivity index (χ1n) is 10.2. The second kappa shape index (κ2) is 8.95. The third-order valence-corrected chi connectivity index (χ3v) is 5.60. The van der Waals surface area contributed by atoms with Gasteiger partial charge in [0, 0.05) is 24.6 Å². The Morgan fingerprint density at radius 2 is 1.71 bits per heavy atom. The van der Waals surface area contributed by atoms with Gasteiger partial charge >= 0.3 is 5.97 Å². The van der Waals surface area contributed by atoms with Crippen LogP contribution in [0.15, 0.2) is 45.6 Å². The minimum Gasteiger partial charge on any atom is -0.508 e. The van der Waals surface area contributed by atoms with Gasteiger partial charge in [0.15, 0.2) is 17.1 Å². The van der Waals surface area contributed by atoms with Crippen LogP contribution in [0.25, 0.3) is 22.3 Å². The Morgan fingerprint density at radius 3 is 2.32 bits per heavy atom. The number of ether oxygens (including phenoxy) is 2. The summed E-state index contributed by atoms with van der Waals surface area (Å²) in [6.07, 6.45) is -7.74. The molecule has 1 aromatic heterocycles. The molecule has 0 saturated carbocycles. The van der Waals surface area contributed by atoms with Crippen molar-refractivity contribution >= 4 is 16.9 Å². The zero-order chi connectivity index (χ0) is 24.7. The Kier molecular flexibility index (Phi) is 6.19. The number of esters is 1. The molecular weight excluding hydrogens is 452 g/mol. The number of phenolic OH excluding ortho intramolecular Hbond substituents is 3. The summed E-state index contributed by atoms with van der Waals surface area (Å²) in [6, 6.07) is 7.65. The molecule has 0 bridgehead atoms. The van der Waals surface area contributed by atoms with E-state index in [-0.39, 0.29) is 28.0 Å². The molecule has 0 spiro atoms. The zero-order valence-electron chi connectivity index (χ0n) is 17.8. The van der Waals surface area contributed by atoms with Crippen molar-refractivity contribution in [3.05, 3.63) is 52.2 Å². The Bertz CT molecular complexity index is 1280. The van der Waals surface area contributed by atoms with Crippen LogP contribution in [0.1, 0.15) is 18.6 Å². The molecule has 0 amide bonds. The number of fused-ring (bicyclic) bond motifs is 1. The molecule has 5 atom stereocenters. The molecule has 3 aromatic rings. The SMILES string of the molecule is CC(=O)OC1C(O)C(CO)OC(c2c(O)cc(O)c3c(=O)cc(-c4ccc(O)cc4)oc23)C1O. The van der Waals surface area contributed by atoms with E-state index in [1.54, 1.807) is 0 Å². The molecule has 6 N–H and O–H groups in total. The Morgan fingerprint density at radius 1 is 1.03 bits per heavy atom. The van der Waals surface area contributed by atoms with E-state index in [1.807, 2.05) is 0 Å². The van der Waals surface area contributed by atoms with Crippen LogP contribution in [0, 0.1) is 0 Å². The smallest absolute Gasteiger partial charge is 0.303 e. The van der Waals surface area contributed by atoms with Crippen LogP contribution in [-0.4, -0.2) is 67.6 Å². The van der Waals surface area contributed by atoms with Crippen LogP contribution in [0.4, 0.5) is 0 Å². The summed E-state index contributed by atoms with van der Waals surface area (Å²) in [7, 11) is 0. The van der Waals surface area contributed by atoms with Gasteiger partial charge in [-0.1, -0.05) is 0 Å². The first-order chi connectivity index (χ1) is 16.1. The number of carbonyl (C=O) groups is 1. The van der Waals surface area contributed by atoms with Crippen LogP contribution in [0.2, 0.25) is 0 Å². The maximum Gasteiger partial charge on any atom is 0.303 e. The van der Waals surface area contributed by atoms with Crippen molar-refractivity contribution in [2.75, 3.05) is 6.61 Å². The molecule has 2 heterocycles. The molecule has 5 unspecified atom stereocenters. The number of phenols is 3. The lowest BCUT2D eigenvalue weighted by molar-refractivity contribution is -0.240. The maximum atomic E-state index is 12.9. The number of benzene rings is 2. The Balaban J connectivity index is 1.94. The molecule has 180 valence electrons. The van der Waals surface area contributed by atoms with Crippen LogP contribution >= 0.6 is 0 Å². The monoisotopic (exact) mass is 474 g/mol. The van der Waals surface area contributed by atoms with Gasteiger partial charge in [0.1, 0.15) is 52.8 Å². The average Bonchev–Trinajstić information content (AvgIpc) is 2.77. The van der Waals surface area contributed by atoms with E-state index in [0.717, 1.165) is 19.1 Å². The summed E-state index contributed by atoms with van der Waals surface area (Å²) in [6.45, 7) is 0.343. The number of aliphatic hydroxyl groups is 3. The summed E-state index contributed by atoms with van der Waals surface area (Å²) >= 11 is 0. The highest BCUT2D eigenvalue weighted by Crippen LogP contribution is 2.44. The van der Waals surface area contributed by atoms with E-state index < -0.39 is 60.0 Å². The molecular formula is C23H22O11. The highest BCUT2D eigenvalue weighted by Gasteiger charge is 2.48. The fourth-order valence-electron chi connectivity index (χ4n) is 4.02. The van der Waals surface area contributed by atoms with Crippen molar-refractivity contribution in [1.29, 1.82) is 0 Å². The predicted octanol–water partition coefficient (Wildman–Crippen LogP) is 0.662. The predicted molar refractivity (Wildman–Crippen MR) is 115 cm³/mol. The van der Waals surface area contributed by atoms with Crippen LogP contribution in [0.5, 0.6) is 17.2 Å². The van der Waals surface area contributed by atoms with Crippen LogP contribution in [0.3, 0.4) is 0 Å². The first-order valence-corrected chi connectivity index (χ1v) is 10.2. The highest BCUT2D eigenvalue weighted by molar-refractivity contribution is 5.89. The van der Waals surface area contributed by atoms with E-state index in [9.17, 15) is 40.2 Å². The number of rotatable bonds is 4. The molecule has 1 aliphatic heterocycles. The second-order valence-corrected chi connectivity index (χ2v) is 7.89. The van der Waals surface area contributed by atoms with Gasteiger partial charge in [-0.05, 0) is 24.3 Å². The van der Waals surface area contributed by atoms with E-state index in [1.165, 1.54) is 24.3 Å². The average molecular weight is 474 g/mol. The van der Waals surface area contributed by atoms with Crippen molar-refractivity contribution in [3.63, 3.8) is 0 Å². The lowest BCUT2D eigenvalue weighted by Crippen LogP contribution is -2.56. The van der Waals surface area contributed by atoms with Gasteiger partial charge in [0.2, 0.25) is 0 Å². The largest absolute Gasteiger partial charge is 0.508 e. The first kappa shape index (κ1) is 23.5. The van der Waals surface area contributed by atoms with E-state index in [2.05, 4.69) is 0 Å². The number of aromatic hydroxyl groups is 3. The van der Waals surface area contributed by atoms with Crippen molar-refractivity contribution in [1.82, 2.24) is 0 Å². The van der Waals surface area contributed by atoms with Gasteiger partial charge in [0.25, 0.3) is 0 Å². The minimum atomic E-state index is -1.75. The molecule has 2 aromatic carbocycles. The molecule has 4 rings (SSSR count). The summed E-state index contributed by atoms with van der Waals surface area (Å²) in [5.74, 6) is -2.03. The molecule has 1 saturated heterocycles. The molecule has 1 fully saturated rings. The van der Waals surface area contributed by atoms with Crippen molar-refractivity contribution in [2.45, 2.75) is 37.4 Å². The third-order valence-electron chi connectivity index (χ3n) is 5.60. The van der Waals surface area contributed by atoms with Crippen molar-refractivity contribution in [2.24, 2.45) is 0 Å². The van der Waals surface area contributed by atoms with E-state index >= 15 is 0 Å². The lowest BCUT2D eigenvalue weighted by atomic mass is 9.89. The molecule has 1 aliphatic rings. The molecule has 11 nitrogen and oxygen atoms in total. The van der Waals surface area contributed by atoms with Crippen molar-refractivity contribution < 1.29 is 49.3 Å². The van der Waals surface area contributed by atoms with Gasteiger partial charge in [-0.2, -0.15) is 0 Å². The van der Waals surface area contributed by atoms with E-state index in [4.69, 9.17) is 13.9 Å². The van der Waals surface area contributed by atoms with Gasteiger partial charge in [-0.25, -0.2) is 0 Å². The third kappa shape index (κ3) is 4.05. The molecule has 11 heteroatoms. The van der Waals surface area contributed by atoms with Crippen LogP contribution < -0.4 is 5.43 Å². The van der Waals surface area contributed by atoms with Gasteiger partial charge < -0.3 is 44.5 Å². The van der Waals surface area contributed by atoms with Crippen LogP contribution in [-0.2, 0) is 14.3 Å². The zero-order valence-corrected chi connectivity index (χ0v) is 17.8. The van der Waals surface area contributed by atoms with E-state index in [0.29, 0.717) is 5.56 Å². The van der Waals surface area contributed by atoms with Gasteiger partial charge in [-0.15, -0.1) is 0 Å². The van der Waals surface area contributed by atoms with Gasteiger partial charge in [-0.3, -0.25) is 9.59 Å². The minimum absolute atomic E-state index is 0.0179. The van der Waals surface area contributed by atoms with Crippen molar-refractivity contribution in [3.8, 4) is 28.6 Å². The van der Waals surface area contributed by atoms with Gasteiger partial charge in [0.05, 0.1) is 12.2 Å². The maximum absolute atomic E-state index is 12.9. The normalized spacial score (nSPS) is 24.8. The molecule has 0 radical (unpaired) electrons. The topological polar surface area (TPSA) is 187 Å². The number of aliphatic hydroxyl groups excluding tert-OH is 3. The fourth-order valence-corrected chi connectivity index (χ4v) is 4.02. The Labute approximate surface area is 191 Å². The molecule has 0 aliphatic carbocycles. The number of carbonyl (C=O) groups excluding carboxylic acids is 1. The number of hydrogen-bond donors (Lipinski definition) is 6. The quantitative estimate of drug-likeness (QED) is 0.292. The Hall–Kier alpha value is -3.64. The summed E-state index contributed by atoms with van der Waals surface area (Å²) in [5, 5.41) is 61.1. The summed E-state index contributed by atoms with van der Waals surface area (Å²) in [4.78, 5) is 24.4. The summed E-state index contributed by atoms with van der Waals surface area (Å²) < 4.78 is 16.5. The summed E-state index contributed by atoms with van der Waals surface area (Å²) in [5.41, 5.74) is -0.881. The standard InChI is InChI=1S/C23H22O11/c1-9(25)32-23-19(30)16(8-24)34-22(20(23)31)18-13(28)6-12(27)17-14(29)7-15(33-21(17)18)10-2-4-11(26)5-3-10/h2-7,16,19-20,22-24,26-28,30-31H,8H2,1H3. The molecule has 34 heavy (non-hydrogen) atoms. The fraction of sp³-hybridized carbons (Fsp3) is 0.304.